The average Bonchev–Trinajstić information content (AvgIpc) is 2.56. The molecule has 0 aromatic heterocycles. The van der Waals surface area contributed by atoms with Crippen LogP contribution in [0.15, 0.2) is 48.5 Å². The first-order chi connectivity index (χ1) is 11.8. The van der Waals surface area contributed by atoms with E-state index in [1.165, 1.54) is 19.2 Å². The van der Waals surface area contributed by atoms with Crippen LogP contribution in [0.25, 0.3) is 0 Å². The van der Waals surface area contributed by atoms with E-state index in [0.717, 1.165) is 12.5 Å². The van der Waals surface area contributed by atoms with Crippen LogP contribution >= 0.6 is 0 Å². The fourth-order valence-electron chi connectivity index (χ4n) is 1.71. The van der Waals surface area contributed by atoms with Crippen molar-refractivity contribution in [2.75, 3.05) is 7.11 Å². The van der Waals surface area contributed by atoms with Gasteiger partial charge in [-0.1, -0.05) is 18.2 Å². The van der Waals surface area contributed by atoms with Crippen molar-refractivity contribution in [3.63, 3.8) is 0 Å². The molecule has 25 heavy (non-hydrogen) atoms. The minimum absolute atomic E-state index is 0.0326. The fraction of sp³-hybridized carbons (Fsp3) is 0.176. The van der Waals surface area contributed by atoms with E-state index >= 15 is 0 Å². The van der Waals surface area contributed by atoms with Crippen LogP contribution in [0, 0.1) is 10.1 Å². The number of carbonyl (C=O) groups excluding carboxylic acids is 1. The molecule has 0 amide bonds. The van der Waals surface area contributed by atoms with Gasteiger partial charge in [-0.2, -0.15) is 0 Å². The van der Waals surface area contributed by atoms with Crippen molar-refractivity contribution in [2.45, 2.75) is 13.3 Å². The number of esters is 1. The summed E-state index contributed by atoms with van der Waals surface area (Å²) < 4.78 is 10.1. The molecule has 8 heteroatoms. The highest BCUT2D eigenvalue weighted by Gasteiger charge is 2.07. The third-order valence-electron chi connectivity index (χ3n) is 2.76. The number of carboxylic acids is 1. The molecule has 0 aliphatic rings. The minimum atomic E-state index is -0.833. The van der Waals surface area contributed by atoms with Crippen LogP contribution in [0.4, 0.5) is 5.69 Å². The Kier molecular flexibility index (Phi) is 7.58. The summed E-state index contributed by atoms with van der Waals surface area (Å²) in [6, 6.07) is 12.8. The van der Waals surface area contributed by atoms with Crippen LogP contribution in [0.1, 0.15) is 12.5 Å². The Morgan fingerprint density at radius 3 is 2.24 bits per heavy atom. The Morgan fingerprint density at radius 2 is 1.72 bits per heavy atom. The number of ether oxygens (including phenoxy) is 2. The summed E-state index contributed by atoms with van der Waals surface area (Å²) >= 11 is 0. The van der Waals surface area contributed by atoms with Gasteiger partial charge in [0.1, 0.15) is 11.5 Å². The minimum Gasteiger partial charge on any atom is -0.481 e. The lowest BCUT2D eigenvalue weighted by atomic mass is 10.1. The lowest BCUT2D eigenvalue weighted by Gasteiger charge is -2.06. The van der Waals surface area contributed by atoms with E-state index in [1.807, 2.05) is 0 Å². The molecule has 132 valence electrons. The summed E-state index contributed by atoms with van der Waals surface area (Å²) in [6.45, 7) is 1.08. The molecule has 0 spiro atoms. The van der Waals surface area contributed by atoms with Crippen LogP contribution in [-0.4, -0.2) is 29.1 Å². The zero-order valence-electron chi connectivity index (χ0n) is 13.7. The van der Waals surface area contributed by atoms with Crippen LogP contribution < -0.4 is 4.74 Å². The number of benzene rings is 2. The Balaban J connectivity index is 0.000000705. The second kappa shape index (κ2) is 9.66. The van der Waals surface area contributed by atoms with Crippen molar-refractivity contribution in [3.8, 4) is 11.5 Å². The summed E-state index contributed by atoms with van der Waals surface area (Å²) in [5.41, 5.74) is 0.767. The third-order valence-corrected chi connectivity index (χ3v) is 2.76. The zero-order chi connectivity index (χ0) is 18.8. The van der Waals surface area contributed by atoms with Gasteiger partial charge in [-0.3, -0.25) is 19.7 Å². The summed E-state index contributed by atoms with van der Waals surface area (Å²) in [6.07, 6.45) is 0.188. The van der Waals surface area contributed by atoms with Crippen molar-refractivity contribution in [1.29, 1.82) is 0 Å². The summed E-state index contributed by atoms with van der Waals surface area (Å²) in [7, 11) is 1.34. The number of nitro groups is 1. The first kappa shape index (κ1) is 19.6. The second-order valence-electron chi connectivity index (χ2n) is 4.77. The molecule has 0 fully saturated rings. The predicted molar refractivity (Wildman–Crippen MR) is 88.6 cm³/mol. The topological polar surface area (TPSA) is 116 Å². The maximum Gasteiger partial charge on any atom is 0.309 e. The normalized spacial score (nSPS) is 9.36. The van der Waals surface area contributed by atoms with Gasteiger partial charge in [0.05, 0.1) is 24.5 Å². The molecular weight excluding hydrogens is 330 g/mol. The molecule has 0 radical (unpaired) electrons. The molecule has 0 aliphatic heterocycles. The molecule has 0 bridgehead atoms. The Labute approximate surface area is 143 Å². The number of hydrogen-bond donors (Lipinski definition) is 1. The highest BCUT2D eigenvalue weighted by Crippen LogP contribution is 2.25. The lowest BCUT2D eigenvalue weighted by Crippen LogP contribution is -2.04. The van der Waals surface area contributed by atoms with E-state index in [4.69, 9.17) is 14.6 Å². The van der Waals surface area contributed by atoms with E-state index in [-0.39, 0.29) is 18.1 Å². The number of hydrogen-bond acceptors (Lipinski definition) is 6. The van der Waals surface area contributed by atoms with Gasteiger partial charge in [-0.25, -0.2) is 0 Å². The smallest absolute Gasteiger partial charge is 0.309 e. The molecule has 2 aromatic rings. The molecular formula is C17H17NO7. The lowest BCUT2D eigenvalue weighted by molar-refractivity contribution is -0.384. The molecule has 0 saturated heterocycles. The number of carboxylic acid groups (broad SMARTS) is 1. The average molecular weight is 347 g/mol. The van der Waals surface area contributed by atoms with E-state index in [1.54, 1.807) is 36.4 Å². The number of nitrogens with zero attached hydrogens (tertiary/aromatic N) is 1. The van der Waals surface area contributed by atoms with Crippen LogP contribution in [0.5, 0.6) is 11.5 Å². The number of rotatable bonds is 5. The summed E-state index contributed by atoms with van der Waals surface area (Å²) in [5, 5.41) is 18.1. The van der Waals surface area contributed by atoms with Gasteiger partial charge in [0.25, 0.3) is 11.7 Å². The Bertz CT molecular complexity index is 737. The van der Waals surface area contributed by atoms with E-state index in [0.29, 0.717) is 11.5 Å². The second-order valence-corrected chi connectivity index (χ2v) is 4.77. The largest absolute Gasteiger partial charge is 0.481 e. The first-order valence-corrected chi connectivity index (χ1v) is 7.09. The van der Waals surface area contributed by atoms with Gasteiger partial charge in [-0.15, -0.1) is 0 Å². The number of methoxy groups -OCH3 is 1. The molecule has 0 atom stereocenters. The molecule has 2 rings (SSSR count). The molecule has 8 nitrogen and oxygen atoms in total. The first-order valence-electron chi connectivity index (χ1n) is 7.09. The SMILES string of the molecule is CC(=O)O.COC(=O)Cc1ccc(Oc2cccc([N+](=O)[O-])c2)cc1. The summed E-state index contributed by atoms with van der Waals surface area (Å²) in [4.78, 5) is 30.3. The maximum absolute atomic E-state index is 11.1. The van der Waals surface area contributed by atoms with E-state index in [2.05, 4.69) is 4.74 Å². The van der Waals surface area contributed by atoms with Crippen LogP contribution in [0.3, 0.4) is 0 Å². The predicted octanol–water partition coefficient (Wildman–Crippen LogP) is 3.19. The van der Waals surface area contributed by atoms with Crippen molar-refractivity contribution in [3.05, 3.63) is 64.2 Å². The summed E-state index contributed by atoms with van der Waals surface area (Å²) in [5.74, 6) is -0.239. The zero-order valence-corrected chi connectivity index (χ0v) is 13.7. The van der Waals surface area contributed by atoms with Crippen LogP contribution in [-0.2, 0) is 20.7 Å². The van der Waals surface area contributed by atoms with Gasteiger partial charge in [0.15, 0.2) is 0 Å². The molecule has 2 aromatic carbocycles. The van der Waals surface area contributed by atoms with Crippen molar-refractivity contribution in [1.82, 2.24) is 0 Å². The van der Waals surface area contributed by atoms with Gasteiger partial charge >= 0.3 is 5.97 Å². The Hall–Kier alpha value is -3.42. The number of non-ortho nitro benzene ring substituents is 1. The molecule has 0 unspecified atom stereocenters. The van der Waals surface area contributed by atoms with E-state index in [9.17, 15) is 14.9 Å². The molecule has 0 saturated carbocycles. The highest BCUT2D eigenvalue weighted by atomic mass is 16.6. The monoisotopic (exact) mass is 347 g/mol. The molecule has 0 heterocycles. The van der Waals surface area contributed by atoms with Crippen molar-refractivity contribution in [2.24, 2.45) is 0 Å². The Morgan fingerprint density at radius 1 is 1.12 bits per heavy atom. The highest BCUT2D eigenvalue weighted by molar-refractivity contribution is 5.72. The van der Waals surface area contributed by atoms with Crippen molar-refractivity contribution < 1.29 is 29.1 Å². The maximum atomic E-state index is 11.1. The van der Waals surface area contributed by atoms with E-state index < -0.39 is 10.9 Å². The fourth-order valence-corrected chi connectivity index (χ4v) is 1.71. The van der Waals surface area contributed by atoms with Gasteiger partial charge in [0.2, 0.25) is 0 Å². The van der Waals surface area contributed by atoms with Gasteiger partial charge < -0.3 is 14.6 Å². The standard InChI is InChI=1S/C15H13NO5.C2H4O2/c1-20-15(17)9-11-5-7-13(8-6-11)21-14-4-2-3-12(10-14)16(18)19;1-2(3)4/h2-8,10H,9H2,1H3;1H3,(H,3,4). The number of nitro benzene ring substituents is 1. The van der Waals surface area contributed by atoms with Gasteiger partial charge in [0, 0.05) is 13.0 Å². The quantitative estimate of drug-likeness (QED) is 0.501. The third kappa shape index (κ3) is 7.60. The van der Waals surface area contributed by atoms with Crippen molar-refractivity contribution >= 4 is 17.6 Å². The molecule has 1 N–H and O–H groups in total. The van der Waals surface area contributed by atoms with Gasteiger partial charge in [-0.05, 0) is 23.8 Å². The molecule has 0 aliphatic carbocycles. The number of carbonyl (C=O) groups is 2. The number of aliphatic carboxylic acids is 1. The van der Waals surface area contributed by atoms with Crippen LogP contribution in [0.2, 0.25) is 0 Å².